The van der Waals surface area contributed by atoms with E-state index in [4.69, 9.17) is 9.84 Å². The summed E-state index contributed by atoms with van der Waals surface area (Å²) in [5.41, 5.74) is 0.517. The Balaban J connectivity index is 2.06. The summed E-state index contributed by atoms with van der Waals surface area (Å²) in [7, 11) is 1.71. The van der Waals surface area contributed by atoms with Crippen molar-refractivity contribution in [1.29, 1.82) is 0 Å². The zero-order chi connectivity index (χ0) is 15.4. The lowest BCUT2D eigenvalue weighted by Crippen LogP contribution is -2.38. The second-order valence-electron chi connectivity index (χ2n) is 5.40. The zero-order valence-electron chi connectivity index (χ0n) is 12.4. The van der Waals surface area contributed by atoms with Crippen molar-refractivity contribution in [3.63, 3.8) is 0 Å². The van der Waals surface area contributed by atoms with Gasteiger partial charge in [-0.15, -0.1) is 0 Å². The molecule has 2 rings (SSSR count). The van der Waals surface area contributed by atoms with E-state index in [0.29, 0.717) is 0 Å². The molecule has 1 aliphatic rings. The molecule has 1 saturated heterocycles. The molecule has 0 amide bonds. The van der Waals surface area contributed by atoms with Crippen molar-refractivity contribution in [2.45, 2.75) is 32.4 Å². The Labute approximate surface area is 123 Å². The maximum atomic E-state index is 12.0. The molecule has 1 unspecified atom stereocenters. The summed E-state index contributed by atoms with van der Waals surface area (Å²) in [5, 5.41) is 13.0. The second-order valence-corrected chi connectivity index (χ2v) is 5.40. The summed E-state index contributed by atoms with van der Waals surface area (Å²) in [5.74, 6) is -1.58. The smallest absolute Gasteiger partial charge is 0.308 e. The molecule has 2 heterocycles. The molecule has 7 heteroatoms. The average Bonchev–Trinajstić information content (AvgIpc) is 2.49. The number of rotatable bonds is 5. The highest BCUT2D eigenvalue weighted by Crippen LogP contribution is 2.19. The van der Waals surface area contributed by atoms with Gasteiger partial charge in [0.1, 0.15) is 0 Å². The van der Waals surface area contributed by atoms with E-state index in [1.807, 2.05) is 0 Å². The monoisotopic (exact) mass is 295 g/mol. The summed E-state index contributed by atoms with van der Waals surface area (Å²) in [4.78, 5) is 24.9. The van der Waals surface area contributed by atoms with Gasteiger partial charge in [-0.1, -0.05) is 6.92 Å². The third-order valence-electron chi connectivity index (χ3n) is 3.86. The molecule has 1 fully saturated rings. The number of aliphatic carboxylic acids is 1. The highest BCUT2D eigenvalue weighted by Gasteiger charge is 2.20. The SMILES string of the molecule is COC1CCN(c2cnn(CC(C)C(=O)O)c(=O)c2)CC1. The molecule has 1 N–H and O–H groups in total. The minimum atomic E-state index is -0.936. The number of carboxylic acid groups (broad SMARTS) is 1. The standard InChI is InChI=1S/C14H21N3O4/c1-10(14(19)20)9-17-13(18)7-11(8-15-17)16-5-3-12(21-2)4-6-16/h7-8,10,12H,3-6,9H2,1-2H3,(H,19,20). The number of ether oxygens (including phenoxy) is 1. The first-order valence-corrected chi connectivity index (χ1v) is 7.09. The van der Waals surface area contributed by atoms with Gasteiger partial charge in [-0.2, -0.15) is 5.10 Å². The second kappa shape index (κ2) is 6.71. The molecule has 21 heavy (non-hydrogen) atoms. The minimum Gasteiger partial charge on any atom is -0.481 e. The topological polar surface area (TPSA) is 84.7 Å². The van der Waals surface area contributed by atoms with Crippen molar-refractivity contribution < 1.29 is 14.6 Å². The molecule has 0 aliphatic carbocycles. The van der Waals surface area contributed by atoms with Gasteiger partial charge in [-0.05, 0) is 12.8 Å². The van der Waals surface area contributed by atoms with Crippen molar-refractivity contribution in [2.24, 2.45) is 5.92 Å². The van der Waals surface area contributed by atoms with E-state index in [0.717, 1.165) is 31.6 Å². The number of hydrogen-bond acceptors (Lipinski definition) is 5. The lowest BCUT2D eigenvalue weighted by Gasteiger charge is -2.32. The molecule has 1 aromatic heterocycles. The zero-order valence-corrected chi connectivity index (χ0v) is 12.4. The fraction of sp³-hybridized carbons (Fsp3) is 0.643. The molecule has 7 nitrogen and oxygen atoms in total. The molecule has 1 atom stereocenters. The maximum Gasteiger partial charge on any atom is 0.308 e. The molecule has 1 aromatic rings. The number of anilines is 1. The van der Waals surface area contributed by atoms with E-state index in [1.54, 1.807) is 20.2 Å². The van der Waals surface area contributed by atoms with Crippen molar-refractivity contribution in [1.82, 2.24) is 9.78 Å². The van der Waals surface area contributed by atoms with Crippen LogP contribution in [0.2, 0.25) is 0 Å². The number of aromatic nitrogens is 2. The molecule has 116 valence electrons. The van der Waals surface area contributed by atoms with Crippen LogP contribution in [-0.4, -0.2) is 47.2 Å². The summed E-state index contributed by atoms with van der Waals surface area (Å²) < 4.78 is 6.52. The summed E-state index contributed by atoms with van der Waals surface area (Å²) in [6.45, 7) is 3.30. The quantitative estimate of drug-likeness (QED) is 0.855. The molecule has 0 spiro atoms. The molecule has 0 saturated carbocycles. The largest absolute Gasteiger partial charge is 0.481 e. The van der Waals surface area contributed by atoms with Crippen LogP contribution in [0, 0.1) is 5.92 Å². The minimum absolute atomic E-state index is 0.0835. The Hall–Kier alpha value is -1.89. The fourth-order valence-corrected chi connectivity index (χ4v) is 2.42. The van der Waals surface area contributed by atoms with Gasteiger partial charge in [0.25, 0.3) is 5.56 Å². The van der Waals surface area contributed by atoms with Gasteiger partial charge in [-0.3, -0.25) is 9.59 Å². The Morgan fingerprint density at radius 2 is 2.19 bits per heavy atom. The summed E-state index contributed by atoms with van der Waals surface area (Å²) >= 11 is 0. The Bertz CT molecular complexity index is 549. The van der Waals surface area contributed by atoms with Crippen molar-refractivity contribution in [2.75, 3.05) is 25.1 Å². The van der Waals surface area contributed by atoms with Gasteiger partial charge < -0.3 is 14.7 Å². The van der Waals surface area contributed by atoms with Crippen LogP contribution >= 0.6 is 0 Å². The van der Waals surface area contributed by atoms with Crippen LogP contribution in [-0.2, 0) is 16.1 Å². The summed E-state index contributed by atoms with van der Waals surface area (Å²) in [6, 6.07) is 1.52. The van der Waals surface area contributed by atoms with Crippen LogP contribution in [0.5, 0.6) is 0 Å². The molecule has 0 aromatic carbocycles. The van der Waals surface area contributed by atoms with E-state index in [2.05, 4.69) is 10.00 Å². The van der Waals surface area contributed by atoms with E-state index in [1.165, 1.54) is 10.7 Å². The molecular weight excluding hydrogens is 274 g/mol. The normalized spacial score (nSPS) is 17.7. The first kappa shape index (κ1) is 15.5. The lowest BCUT2D eigenvalue weighted by atomic mass is 10.1. The van der Waals surface area contributed by atoms with Crippen LogP contribution in [0.4, 0.5) is 5.69 Å². The van der Waals surface area contributed by atoms with E-state index < -0.39 is 11.9 Å². The van der Waals surface area contributed by atoms with Crippen LogP contribution in [0.15, 0.2) is 17.1 Å². The van der Waals surface area contributed by atoms with Gasteiger partial charge >= 0.3 is 5.97 Å². The van der Waals surface area contributed by atoms with Crippen LogP contribution in [0.3, 0.4) is 0 Å². The van der Waals surface area contributed by atoms with E-state index in [-0.39, 0.29) is 18.2 Å². The third-order valence-corrected chi connectivity index (χ3v) is 3.86. The van der Waals surface area contributed by atoms with Crippen LogP contribution < -0.4 is 10.5 Å². The van der Waals surface area contributed by atoms with Crippen LogP contribution in [0.1, 0.15) is 19.8 Å². The average molecular weight is 295 g/mol. The van der Waals surface area contributed by atoms with Gasteiger partial charge in [0, 0.05) is 26.3 Å². The van der Waals surface area contributed by atoms with E-state index in [9.17, 15) is 9.59 Å². The number of carboxylic acids is 1. The highest BCUT2D eigenvalue weighted by molar-refractivity contribution is 5.69. The number of piperidine rings is 1. The Kier molecular flexibility index (Phi) is 4.95. The fourth-order valence-electron chi connectivity index (χ4n) is 2.42. The number of nitrogens with zero attached hydrogens (tertiary/aromatic N) is 3. The molecule has 0 bridgehead atoms. The van der Waals surface area contributed by atoms with Gasteiger partial charge in [-0.25, -0.2) is 4.68 Å². The van der Waals surface area contributed by atoms with E-state index >= 15 is 0 Å². The first-order valence-electron chi connectivity index (χ1n) is 7.09. The van der Waals surface area contributed by atoms with Gasteiger partial charge in [0.2, 0.25) is 0 Å². The van der Waals surface area contributed by atoms with Crippen molar-refractivity contribution in [3.05, 3.63) is 22.6 Å². The molecule has 0 radical (unpaired) electrons. The highest BCUT2D eigenvalue weighted by atomic mass is 16.5. The maximum absolute atomic E-state index is 12.0. The Morgan fingerprint density at radius 1 is 1.52 bits per heavy atom. The van der Waals surface area contributed by atoms with Crippen LogP contribution in [0.25, 0.3) is 0 Å². The third kappa shape index (κ3) is 3.81. The number of carbonyl (C=O) groups is 1. The van der Waals surface area contributed by atoms with Gasteiger partial charge in [0.15, 0.2) is 0 Å². The predicted octanol–water partition coefficient (Wildman–Crippen LogP) is 0.579. The first-order chi connectivity index (χ1) is 10.0. The molecular formula is C14H21N3O4. The van der Waals surface area contributed by atoms with Crippen molar-refractivity contribution >= 4 is 11.7 Å². The Morgan fingerprint density at radius 3 is 2.71 bits per heavy atom. The predicted molar refractivity (Wildman–Crippen MR) is 77.5 cm³/mol. The number of hydrogen-bond donors (Lipinski definition) is 1. The molecule has 1 aliphatic heterocycles. The lowest BCUT2D eigenvalue weighted by molar-refractivity contribution is -0.141. The number of methoxy groups -OCH3 is 1. The summed E-state index contributed by atoms with van der Waals surface area (Å²) in [6.07, 6.45) is 3.76. The van der Waals surface area contributed by atoms with Crippen molar-refractivity contribution in [3.8, 4) is 0 Å². The van der Waals surface area contributed by atoms with Gasteiger partial charge in [0.05, 0.1) is 30.5 Å².